The van der Waals surface area contributed by atoms with Gasteiger partial charge in [0.1, 0.15) is 5.75 Å². The van der Waals surface area contributed by atoms with E-state index in [1.165, 1.54) is 0 Å². The first kappa shape index (κ1) is 16.0. The molecule has 0 saturated heterocycles. The molecule has 0 aliphatic rings. The van der Waals surface area contributed by atoms with Crippen LogP contribution in [0.3, 0.4) is 0 Å². The normalized spacial score (nSPS) is 11.7. The second kappa shape index (κ2) is 7.56. The minimum Gasteiger partial charge on any atom is -0.427 e. The molecule has 114 valence electrons. The van der Waals surface area contributed by atoms with Crippen molar-refractivity contribution in [1.82, 2.24) is 0 Å². The molecule has 22 heavy (non-hydrogen) atoms. The number of nitro groups is 1. The maximum Gasteiger partial charge on any atom is 0.312 e. The summed E-state index contributed by atoms with van der Waals surface area (Å²) in [6, 6.07) is 15.3. The number of benzene rings is 2. The molecule has 0 radical (unpaired) electrons. The van der Waals surface area contributed by atoms with Crippen molar-refractivity contribution in [2.45, 2.75) is 12.3 Å². The van der Waals surface area contributed by atoms with E-state index in [0.29, 0.717) is 16.3 Å². The van der Waals surface area contributed by atoms with Crippen LogP contribution in [-0.4, -0.2) is 17.4 Å². The monoisotopic (exact) mass is 319 g/mol. The van der Waals surface area contributed by atoms with Gasteiger partial charge in [-0.25, -0.2) is 0 Å². The molecular formula is C16H14ClNO4. The van der Waals surface area contributed by atoms with Crippen LogP contribution in [0, 0.1) is 10.1 Å². The van der Waals surface area contributed by atoms with Crippen molar-refractivity contribution in [3.63, 3.8) is 0 Å². The number of hydrogen-bond acceptors (Lipinski definition) is 4. The fraction of sp³-hybridized carbons (Fsp3) is 0.188. The van der Waals surface area contributed by atoms with Gasteiger partial charge in [0, 0.05) is 9.95 Å². The summed E-state index contributed by atoms with van der Waals surface area (Å²) in [5.74, 6) is -0.639. The van der Waals surface area contributed by atoms with Crippen molar-refractivity contribution in [2.24, 2.45) is 0 Å². The van der Waals surface area contributed by atoms with E-state index >= 15 is 0 Å². The molecule has 0 heterocycles. The molecule has 0 amide bonds. The van der Waals surface area contributed by atoms with Crippen LogP contribution in [0.5, 0.6) is 5.75 Å². The van der Waals surface area contributed by atoms with Gasteiger partial charge in [0.05, 0.1) is 12.3 Å². The molecule has 0 aliphatic heterocycles. The minimum absolute atomic E-state index is 0.0719. The molecular weight excluding hydrogens is 306 g/mol. The van der Waals surface area contributed by atoms with Crippen LogP contribution in [0.4, 0.5) is 0 Å². The highest BCUT2D eigenvalue weighted by Crippen LogP contribution is 2.23. The lowest BCUT2D eigenvalue weighted by Gasteiger charge is -2.13. The summed E-state index contributed by atoms with van der Waals surface area (Å²) in [4.78, 5) is 22.4. The molecule has 1 atom stereocenters. The largest absolute Gasteiger partial charge is 0.427 e. The Morgan fingerprint density at radius 2 is 1.77 bits per heavy atom. The van der Waals surface area contributed by atoms with Crippen LogP contribution in [-0.2, 0) is 4.79 Å². The van der Waals surface area contributed by atoms with Crippen molar-refractivity contribution < 1.29 is 14.5 Å². The molecule has 0 spiro atoms. The summed E-state index contributed by atoms with van der Waals surface area (Å²) < 4.78 is 5.18. The molecule has 0 unspecified atom stereocenters. The summed E-state index contributed by atoms with van der Waals surface area (Å²) in [6.45, 7) is -0.342. The van der Waals surface area contributed by atoms with Gasteiger partial charge in [-0.2, -0.15) is 0 Å². The Hall–Kier alpha value is -2.40. The summed E-state index contributed by atoms with van der Waals surface area (Å²) >= 11 is 5.81. The zero-order valence-electron chi connectivity index (χ0n) is 11.6. The van der Waals surface area contributed by atoms with Crippen molar-refractivity contribution in [3.05, 3.63) is 75.3 Å². The number of rotatable bonds is 6. The van der Waals surface area contributed by atoms with E-state index in [0.717, 1.165) is 0 Å². The third kappa shape index (κ3) is 4.86. The highest BCUT2D eigenvalue weighted by molar-refractivity contribution is 6.30. The fourth-order valence-corrected chi connectivity index (χ4v) is 2.19. The van der Waals surface area contributed by atoms with Crippen molar-refractivity contribution in [1.29, 1.82) is 0 Å². The average molecular weight is 320 g/mol. The van der Waals surface area contributed by atoms with E-state index in [9.17, 15) is 14.9 Å². The van der Waals surface area contributed by atoms with Crippen LogP contribution >= 0.6 is 11.6 Å². The first-order valence-corrected chi connectivity index (χ1v) is 7.05. The first-order chi connectivity index (χ1) is 10.5. The summed E-state index contributed by atoms with van der Waals surface area (Å²) in [5.41, 5.74) is 0.686. The van der Waals surface area contributed by atoms with Crippen molar-refractivity contribution in [3.8, 4) is 5.75 Å². The predicted octanol–water partition coefficient (Wildman–Crippen LogP) is 3.70. The SMILES string of the molecule is O=C(C[C@@H](C[N+](=O)[O-])c1ccc(Cl)cc1)Oc1ccccc1. The number of carbonyl (C=O) groups is 1. The lowest BCUT2D eigenvalue weighted by atomic mass is 9.96. The van der Waals surface area contributed by atoms with Crippen LogP contribution in [0.1, 0.15) is 17.9 Å². The maximum absolute atomic E-state index is 12.0. The van der Waals surface area contributed by atoms with Gasteiger partial charge < -0.3 is 4.74 Å². The number of para-hydroxylation sites is 1. The number of hydrogen-bond donors (Lipinski definition) is 0. The standard InChI is InChI=1S/C16H14ClNO4/c17-14-8-6-12(7-9-14)13(11-18(20)21)10-16(19)22-15-4-2-1-3-5-15/h1-9,13H,10-11H2/t13-/m0/s1. The van der Waals surface area contributed by atoms with E-state index in [-0.39, 0.29) is 13.0 Å². The van der Waals surface area contributed by atoms with Crippen LogP contribution in [0.15, 0.2) is 54.6 Å². The van der Waals surface area contributed by atoms with Gasteiger partial charge >= 0.3 is 5.97 Å². The Bertz CT molecular complexity index is 643. The van der Waals surface area contributed by atoms with Gasteiger partial charge in [-0.15, -0.1) is 0 Å². The predicted molar refractivity (Wildman–Crippen MR) is 82.7 cm³/mol. The van der Waals surface area contributed by atoms with E-state index in [2.05, 4.69) is 0 Å². The molecule has 0 aromatic heterocycles. The molecule has 6 heteroatoms. The molecule has 0 aliphatic carbocycles. The Labute approximate surface area is 132 Å². The summed E-state index contributed by atoms with van der Waals surface area (Å²) in [6.07, 6.45) is -0.0719. The van der Waals surface area contributed by atoms with Crippen molar-refractivity contribution >= 4 is 17.6 Å². The number of ether oxygens (including phenoxy) is 1. The van der Waals surface area contributed by atoms with E-state index < -0.39 is 16.8 Å². The molecule has 2 aromatic rings. The number of esters is 1. The highest BCUT2D eigenvalue weighted by Gasteiger charge is 2.22. The number of nitrogens with zero attached hydrogens (tertiary/aromatic N) is 1. The van der Waals surface area contributed by atoms with E-state index in [4.69, 9.17) is 16.3 Å². The zero-order valence-corrected chi connectivity index (χ0v) is 12.4. The minimum atomic E-state index is -0.552. The second-order valence-corrected chi connectivity index (χ2v) is 5.19. The van der Waals surface area contributed by atoms with Gasteiger partial charge in [-0.1, -0.05) is 41.9 Å². The lowest BCUT2D eigenvalue weighted by molar-refractivity contribution is -0.483. The summed E-state index contributed by atoms with van der Waals surface area (Å²) in [5, 5.41) is 11.4. The lowest BCUT2D eigenvalue weighted by Crippen LogP contribution is -2.19. The topological polar surface area (TPSA) is 69.4 Å². The van der Waals surface area contributed by atoms with Crippen molar-refractivity contribution in [2.75, 3.05) is 6.54 Å². The Kier molecular flexibility index (Phi) is 5.49. The number of carbonyl (C=O) groups excluding carboxylic acids is 1. The Morgan fingerprint density at radius 3 is 2.36 bits per heavy atom. The molecule has 0 bridgehead atoms. The second-order valence-electron chi connectivity index (χ2n) is 4.76. The van der Waals surface area contributed by atoms with Gasteiger partial charge in [-0.3, -0.25) is 14.9 Å². The molecule has 5 nitrogen and oxygen atoms in total. The zero-order chi connectivity index (χ0) is 15.9. The maximum atomic E-state index is 12.0. The Balaban J connectivity index is 2.07. The van der Waals surface area contributed by atoms with E-state index in [1.807, 2.05) is 0 Å². The average Bonchev–Trinajstić information content (AvgIpc) is 2.48. The third-order valence-corrected chi connectivity index (χ3v) is 3.35. The Morgan fingerprint density at radius 1 is 1.14 bits per heavy atom. The van der Waals surface area contributed by atoms with Gasteiger partial charge in [0.2, 0.25) is 6.54 Å². The molecule has 0 saturated carbocycles. The quantitative estimate of drug-likeness (QED) is 0.352. The van der Waals surface area contributed by atoms with E-state index in [1.54, 1.807) is 54.6 Å². The van der Waals surface area contributed by atoms with Crippen LogP contribution < -0.4 is 4.74 Å². The molecule has 2 aromatic carbocycles. The van der Waals surface area contributed by atoms with Crippen LogP contribution in [0.2, 0.25) is 5.02 Å². The molecule has 0 fully saturated rings. The molecule has 0 N–H and O–H groups in total. The highest BCUT2D eigenvalue weighted by atomic mass is 35.5. The summed E-state index contributed by atoms with van der Waals surface area (Å²) in [7, 11) is 0. The van der Waals surface area contributed by atoms with Gasteiger partial charge in [-0.05, 0) is 29.8 Å². The molecule has 2 rings (SSSR count). The fourth-order valence-electron chi connectivity index (χ4n) is 2.07. The smallest absolute Gasteiger partial charge is 0.312 e. The first-order valence-electron chi connectivity index (χ1n) is 6.67. The van der Waals surface area contributed by atoms with Gasteiger partial charge in [0.15, 0.2) is 0 Å². The third-order valence-electron chi connectivity index (χ3n) is 3.10. The van der Waals surface area contributed by atoms with Crippen LogP contribution in [0.25, 0.3) is 0 Å². The van der Waals surface area contributed by atoms with Gasteiger partial charge in [0.25, 0.3) is 0 Å². The number of halogens is 1.